The Morgan fingerprint density at radius 3 is 1.37 bits per heavy atom. The van der Waals surface area contributed by atoms with Gasteiger partial charge in [-0.05, 0) is 40.8 Å². The zero-order valence-corrected chi connectivity index (χ0v) is 17.3. The largest absolute Gasteiger partial charge is 0.497 e. The van der Waals surface area contributed by atoms with E-state index in [-0.39, 0.29) is 5.41 Å². The van der Waals surface area contributed by atoms with Gasteiger partial charge in [0, 0.05) is 12.1 Å². The number of hydrogen-bond donors (Lipinski definition) is 0. The molecule has 0 radical (unpaired) electrons. The predicted molar refractivity (Wildman–Crippen MR) is 107 cm³/mol. The van der Waals surface area contributed by atoms with Crippen LogP contribution in [0, 0.1) is 11.3 Å². The fourth-order valence-corrected chi connectivity index (χ4v) is 2.30. The number of nitriles is 1. The topological polar surface area (TPSA) is 60.7 Å². The van der Waals surface area contributed by atoms with Gasteiger partial charge in [-0.2, -0.15) is 5.26 Å². The highest BCUT2D eigenvalue weighted by atomic mass is 16.5. The Bertz CT molecular complexity index is 728. The number of benzene rings is 2. The second-order valence-electron chi connectivity index (χ2n) is 6.91. The molecule has 0 saturated carbocycles. The van der Waals surface area contributed by atoms with E-state index < -0.39 is 0 Å². The Labute approximate surface area is 162 Å². The van der Waals surface area contributed by atoms with Crippen LogP contribution < -0.4 is 18.9 Å². The first-order valence-corrected chi connectivity index (χ1v) is 8.59. The van der Waals surface area contributed by atoms with Gasteiger partial charge < -0.3 is 18.9 Å². The summed E-state index contributed by atoms with van der Waals surface area (Å²) in [6.45, 7) is 6.50. The Morgan fingerprint density at radius 1 is 0.704 bits per heavy atom. The van der Waals surface area contributed by atoms with Crippen molar-refractivity contribution in [2.45, 2.75) is 32.6 Å². The second kappa shape index (κ2) is 10.3. The van der Waals surface area contributed by atoms with Gasteiger partial charge in [-0.1, -0.05) is 20.8 Å². The second-order valence-corrected chi connectivity index (χ2v) is 6.91. The summed E-state index contributed by atoms with van der Waals surface area (Å²) in [5, 5.41) is 8.52. The van der Waals surface area contributed by atoms with Crippen LogP contribution in [-0.2, 0) is 11.8 Å². The lowest BCUT2D eigenvalue weighted by Crippen LogP contribution is -2.11. The molecule has 2 rings (SSSR count). The Hall–Kier alpha value is -2.87. The van der Waals surface area contributed by atoms with Gasteiger partial charge in [0.2, 0.25) is 0 Å². The van der Waals surface area contributed by atoms with Crippen LogP contribution in [0.2, 0.25) is 0 Å². The van der Waals surface area contributed by atoms with Crippen molar-refractivity contribution in [3.05, 3.63) is 47.5 Å². The smallest absolute Gasteiger partial charge is 0.122 e. The van der Waals surface area contributed by atoms with Crippen molar-refractivity contribution in [3.63, 3.8) is 0 Å². The molecule has 0 bridgehead atoms. The van der Waals surface area contributed by atoms with E-state index in [0.29, 0.717) is 17.9 Å². The van der Waals surface area contributed by atoms with Gasteiger partial charge in [-0.25, -0.2) is 0 Å². The van der Waals surface area contributed by atoms with Crippen LogP contribution in [0.3, 0.4) is 0 Å². The summed E-state index contributed by atoms with van der Waals surface area (Å²) in [5.74, 6) is 3.11. The lowest BCUT2D eigenvalue weighted by Gasteiger charge is -2.20. The van der Waals surface area contributed by atoms with Crippen LogP contribution in [0.4, 0.5) is 0 Å². The van der Waals surface area contributed by atoms with Crippen LogP contribution in [0.1, 0.15) is 31.9 Å². The molecule has 0 fully saturated rings. The third-order valence-electron chi connectivity index (χ3n) is 3.91. The molecule has 0 unspecified atom stereocenters. The fraction of sp³-hybridized carbons (Fsp3) is 0.409. The Kier molecular flexibility index (Phi) is 8.47. The number of ether oxygens (including phenoxy) is 4. The van der Waals surface area contributed by atoms with Crippen molar-refractivity contribution < 1.29 is 18.9 Å². The number of methoxy groups -OCH3 is 4. The van der Waals surface area contributed by atoms with Gasteiger partial charge in [-0.3, -0.25) is 0 Å². The average Bonchev–Trinajstić information content (AvgIpc) is 2.67. The normalized spacial score (nSPS) is 10.1. The highest BCUT2D eigenvalue weighted by molar-refractivity contribution is 5.41. The van der Waals surface area contributed by atoms with E-state index >= 15 is 0 Å². The molecule has 0 aliphatic heterocycles. The van der Waals surface area contributed by atoms with Gasteiger partial charge in [0.05, 0.1) is 40.9 Å². The van der Waals surface area contributed by atoms with Gasteiger partial charge in [0.1, 0.15) is 23.0 Å². The quantitative estimate of drug-likeness (QED) is 0.757. The van der Waals surface area contributed by atoms with Crippen molar-refractivity contribution >= 4 is 0 Å². The number of rotatable bonds is 5. The lowest BCUT2D eigenvalue weighted by atomic mass is 9.87. The molecule has 0 aliphatic rings. The molecular formula is C22H29NO4. The van der Waals surface area contributed by atoms with E-state index in [1.807, 2.05) is 30.3 Å². The highest BCUT2D eigenvalue weighted by Gasteiger charge is 2.15. The monoisotopic (exact) mass is 371 g/mol. The summed E-state index contributed by atoms with van der Waals surface area (Å²) in [6.07, 6.45) is 0.369. The van der Waals surface area contributed by atoms with Gasteiger partial charge in [-0.15, -0.1) is 0 Å². The first kappa shape index (κ1) is 22.2. The maximum absolute atomic E-state index is 8.52. The Morgan fingerprint density at radius 2 is 1.07 bits per heavy atom. The van der Waals surface area contributed by atoms with Crippen molar-refractivity contribution in [3.8, 4) is 29.1 Å². The van der Waals surface area contributed by atoms with Gasteiger partial charge >= 0.3 is 0 Å². The summed E-state index contributed by atoms with van der Waals surface area (Å²) in [7, 11) is 6.51. The van der Waals surface area contributed by atoms with E-state index in [9.17, 15) is 0 Å². The minimum Gasteiger partial charge on any atom is -0.497 e. The van der Waals surface area contributed by atoms with E-state index in [1.165, 1.54) is 5.56 Å². The summed E-state index contributed by atoms with van der Waals surface area (Å²) in [4.78, 5) is 0. The Balaban J connectivity index is 0.000000271. The van der Waals surface area contributed by atoms with Crippen LogP contribution in [-0.4, -0.2) is 28.4 Å². The lowest BCUT2D eigenvalue weighted by molar-refractivity contribution is 0.391. The van der Waals surface area contributed by atoms with Crippen molar-refractivity contribution in [2.75, 3.05) is 28.4 Å². The van der Waals surface area contributed by atoms with Crippen molar-refractivity contribution in [2.24, 2.45) is 0 Å². The molecule has 0 aromatic heterocycles. The maximum atomic E-state index is 8.52. The molecule has 0 N–H and O–H groups in total. The third kappa shape index (κ3) is 7.10. The molecule has 0 heterocycles. The van der Waals surface area contributed by atoms with E-state index in [1.54, 1.807) is 34.5 Å². The molecule has 0 amide bonds. The molecule has 0 atom stereocenters. The molecule has 27 heavy (non-hydrogen) atoms. The van der Waals surface area contributed by atoms with Crippen LogP contribution >= 0.6 is 0 Å². The maximum Gasteiger partial charge on any atom is 0.122 e. The molecule has 2 aromatic rings. The molecule has 0 saturated heterocycles. The molecule has 0 aliphatic carbocycles. The fourth-order valence-electron chi connectivity index (χ4n) is 2.30. The first-order valence-electron chi connectivity index (χ1n) is 8.59. The molecule has 5 heteroatoms. The minimum absolute atomic E-state index is 0.113. The first-order chi connectivity index (χ1) is 12.8. The molecule has 5 nitrogen and oxygen atoms in total. The van der Waals surface area contributed by atoms with Gasteiger partial charge in [0.25, 0.3) is 0 Å². The van der Waals surface area contributed by atoms with Crippen molar-refractivity contribution in [1.82, 2.24) is 0 Å². The standard InChI is InChI=1S/C12H18O2.C10H11NO2/c1-12(2,3)9-6-10(13-4)8-11(7-9)14-5;1-12-9-5-8(3-4-11)6-10(7-9)13-2/h6-8H,1-5H3;5-7H,3H2,1-2H3. The van der Waals surface area contributed by atoms with E-state index in [2.05, 4.69) is 26.8 Å². The third-order valence-corrected chi connectivity index (χ3v) is 3.91. The van der Waals surface area contributed by atoms with Gasteiger partial charge in [0.15, 0.2) is 0 Å². The molecular weight excluding hydrogens is 342 g/mol. The SMILES string of the molecule is COc1cc(CC#N)cc(OC)c1.COc1cc(OC)cc(C(C)(C)C)c1. The number of hydrogen-bond acceptors (Lipinski definition) is 5. The van der Waals surface area contributed by atoms with Crippen molar-refractivity contribution in [1.29, 1.82) is 5.26 Å². The van der Waals surface area contributed by atoms with E-state index in [0.717, 1.165) is 17.1 Å². The number of nitrogens with zero attached hydrogens (tertiary/aromatic N) is 1. The predicted octanol–water partition coefficient (Wildman–Crippen LogP) is 4.77. The molecule has 0 spiro atoms. The zero-order valence-electron chi connectivity index (χ0n) is 17.3. The summed E-state index contributed by atoms with van der Waals surface area (Å²) < 4.78 is 20.5. The molecule has 146 valence electrons. The average molecular weight is 371 g/mol. The highest BCUT2D eigenvalue weighted by Crippen LogP contribution is 2.30. The zero-order chi connectivity index (χ0) is 20.4. The van der Waals surface area contributed by atoms with Crippen LogP contribution in [0.25, 0.3) is 0 Å². The minimum atomic E-state index is 0.113. The summed E-state index contributed by atoms with van der Waals surface area (Å²) in [5.41, 5.74) is 2.23. The summed E-state index contributed by atoms with van der Waals surface area (Å²) in [6, 6.07) is 13.5. The van der Waals surface area contributed by atoms with Crippen LogP contribution in [0.5, 0.6) is 23.0 Å². The van der Waals surface area contributed by atoms with Crippen LogP contribution in [0.15, 0.2) is 36.4 Å². The summed E-state index contributed by atoms with van der Waals surface area (Å²) >= 11 is 0. The molecule has 2 aromatic carbocycles. The van der Waals surface area contributed by atoms with E-state index in [4.69, 9.17) is 24.2 Å².